The standard InChI is InChI=1S/C22H20F2N4O/c23-18-9-19(24)11-20(10-18)27-21(29)16-7-4-8-28(14-16)22-25-12-17(13-26-22)15-5-2-1-3-6-15/h1-3,5-6,9-13,16H,4,7-8,14H2,(H,27,29)/t16-/m1/s1. The summed E-state index contributed by atoms with van der Waals surface area (Å²) in [5.74, 6) is -1.46. The van der Waals surface area contributed by atoms with Gasteiger partial charge in [0.05, 0.1) is 5.92 Å². The van der Waals surface area contributed by atoms with Crippen molar-refractivity contribution in [2.24, 2.45) is 5.92 Å². The molecule has 1 N–H and O–H groups in total. The summed E-state index contributed by atoms with van der Waals surface area (Å²) in [7, 11) is 0. The number of amides is 1. The molecule has 7 heteroatoms. The third kappa shape index (κ3) is 4.56. The largest absolute Gasteiger partial charge is 0.340 e. The molecule has 0 bridgehead atoms. The zero-order chi connectivity index (χ0) is 20.2. The Labute approximate surface area is 167 Å². The Morgan fingerprint density at radius 3 is 2.38 bits per heavy atom. The summed E-state index contributed by atoms with van der Waals surface area (Å²) < 4.78 is 26.7. The topological polar surface area (TPSA) is 58.1 Å². The number of piperidine rings is 1. The first-order valence-electron chi connectivity index (χ1n) is 9.48. The predicted octanol–water partition coefficient (Wildman–Crippen LogP) is 4.28. The molecule has 148 valence electrons. The summed E-state index contributed by atoms with van der Waals surface area (Å²) in [5.41, 5.74) is 2.08. The third-order valence-corrected chi connectivity index (χ3v) is 4.95. The average molecular weight is 394 g/mol. The summed E-state index contributed by atoms with van der Waals surface area (Å²) in [6.45, 7) is 1.21. The lowest BCUT2D eigenvalue weighted by molar-refractivity contribution is -0.120. The summed E-state index contributed by atoms with van der Waals surface area (Å²) in [5, 5.41) is 2.61. The van der Waals surface area contributed by atoms with Crippen molar-refractivity contribution in [3.63, 3.8) is 0 Å². The van der Waals surface area contributed by atoms with Crippen LogP contribution in [0.4, 0.5) is 20.4 Å². The minimum atomic E-state index is -0.725. The molecule has 1 fully saturated rings. The van der Waals surface area contributed by atoms with Gasteiger partial charge >= 0.3 is 0 Å². The first-order chi connectivity index (χ1) is 14.1. The molecule has 4 rings (SSSR count). The predicted molar refractivity (Wildman–Crippen MR) is 107 cm³/mol. The smallest absolute Gasteiger partial charge is 0.229 e. The van der Waals surface area contributed by atoms with Crippen LogP contribution >= 0.6 is 0 Å². The van der Waals surface area contributed by atoms with Crippen molar-refractivity contribution < 1.29 is 13.6 Å². The number of benzene rings is 2. The van der Waals surface area contributed by atoms with Crippen molar-refractivity contribution in [2.45, 2.75) is 12.8 Å². The maximum atomic E-state index is 13.3. The van der Waals surface area contributed by atoms with Crippen molar-refractivity contribution in [3.05, 3.63) is 72.6 Å². The van der Waals surface area contributed by atoms with Gasteiger partial charge in [-0.05, 0) is 30.5 Å². The normalized spacial score (nSPS) is 16.5. The second kappa shape index (κ2) is 8.34. The van der Waals surface area contributed by atoms with Crippen LogP contribution in [0.1, 0.15) is 12.8 Å². The monoisotopic (exact) mass is 394 g/mol. The molecule has 1 aromatic heterocycles. The van der Waals surface area contributed by atoms with Gasteiger partial charge < -0.3 is 10.2 Å². The molecule has 0 aliphatic carbocycles. The molecular formula is C22H20F2N4O. The highest BCUT2D eigenvalue weighted by atomic mass is 19.1. The van der Waals surface area contributed by atoms with Gasteiger partial charge in [0.1, 0.15) is 11.6 Å². The molecule has 1 atom stereocenters. The van der Waals surface area contributed by atoms with Gasteiger partial charge in [0, 0.05) is 42.8 Å². The average Bonchev–Trinajstić information content (AvgIpc) is 2.74. The van der Waals surface area contributed by atoms with E-state index < -0.39 is 11.6 Å². The van der Waals surface area contributed by atoms with Gasteiger partial charge in [-0.3, -0.25) is 4.79 Å². The molecule has 2 aromatic carbocycles. The number of carbonyl (C=O) groups is 1. The summed E-state index contributed by atoms with van der Waals surface area (Å²) in [6, 6.07) is 12.8. The molecule has 0 unspecified atom stereocenters. The zero-order valence-corrected chi connectivity index (χ0v) is 15.7. The Balaban J connectivity index is 1.43. The number of anilines is 2. The number of aromatic nitrogens is 2. The number of carbonyl (C=O) groups excluding carboxylic acids is 1. The lowest BCUT2D eigenvalue weighted by atomic mass is 9.97. The molecule has 0 saturated carbocycles. The van der Waals surface area contributed by atoms with Gasteiger partial charge in [-0.15, -0.1) is 0 Å². The van der Waals surface area contributed by atoms with E-state index in [0.717, 1.165) is 42.3 Å². The first-order valence-corrected chi connectivity index (χ1v) is 9.48. The van der Waals surface area contributed by atoms with E-state index >= 15 is 0 Å². The number of hydrogen-bond donors (Lipinski definition) is 1. The molecule has 3 aromatic rings. The summed E-state index contributed by atoms with van der Waals surface area (Å²) >= 11 is 0. The van der Waals surface area contributed by atoms with Crippen LogP contribution in [0, 0.1) is 17.6 Å². The minimum absolute atomic E-state index is 0.119. The molecule has 1 amide bonds. The van der Waals surface area contributed by atoms with Crippen molar-refractivity contribution in [1.82, 2.24) is 9.97 Å². The highest BCUT2D eigenvalue weighted by Crippen LogP contribution is 2.24. The van der Waals surface area contributed by atoms with E-state index in [2.05, 4.69) is 15.3 Å². The molecule has 1 aliphatic rings. The van der Waals surface area contributed by atoms with Crippen molar-refractivity contribution in [1.29, 1.82) is 0 Å². The Morgan fingerprint density at radius 2 is 1.69 bits per heavy atom. The Bertz CT molecular complexity index is 975. The molecule has 0 spiro atoms. The summed E-state index contributed by atoms with van der Waals surface area (Å²) in [6.07, 6.45) is 5.05. The fraction of sp³-hybridized carbons (Fsp3) is 0.227. The lowest BCUT2D eigenvalue weighted by Gasteiger charge is -2.32. The molecule has 1 aliphatic heterocycles. The van der Waals surface area contributed by atoms with E-state index in [-0.39, 0.29) is 17.5 Å². The quantitative estimate of drug-likeness (QED) is 0.718. The SMILES string of the molecule is O=C(Nc1cc(F)cc(F)c1)[C@@H]1CCCN(c2ncc(-c3ccccc3)cn2)C1. The van der Waals surface area contributed by atoms with Crippen molar-refractivity contribution >= 4 is 17.5 Å². The van der Waals surface area contributed by atoms with E-state index in [9.17, 15) is 13.6 Å². The molecule has 0 radical (unpaired) electrons. The van der Waals surface area contributed by atoms with Crippen molar-refractivity contribution in [3.8, 4) is 11.1 Å². The summed E-state index contributed by atoms with van der Waals surface area (Å²) in [4.78, 5) is 23.5. The fourth-order valence-electron chi connectivity index (χ4n) is 3.51. The van der Waals surface area contributed by atoms with E-state index in [1.165, 1.54) is 0 Å². The van der Waals surface area contributed by atoms with Gasteiger partial charge in [-0.1, -0.05) is 30.3 Å². The van der Waals surface area contributed by atoms with Gasteiger partial charge in [0.25, 0.3) is 0 Å². The fourth-order valence-corrected chi connectivity index (χ4v) is 3.51. The lowest BCUT2D eigenvalue weighted by Crippen LogP contribution is -2.41. The van der Waals surface area contributed by atoms with Crippen molar-refractivity contribution in [2.75, 3.05) is 23.3 Å². The van der Waals surface area contributed by atoms with E-state index in [1.807, 2.05) is 35.2 Å². The zero-order valence-electron chi connectivity index (χ0n) is 15.7. The number of rotatable bonds is 4. The second-order valence-corrected chi connectivity index (χ2v) is 7.07. The van der Waals surface area contributed by atoms with Crippen LogP contribution in [0.15, 0.2) is 60.9 Å². The maximum Gasteiger partial charge on any atom is 0.229 e. The van der Waals surface area contributed by atoms with Crippen LogP contribution in [-0.2, 0) is 4.79 Å². The minimum Gasteiger partial charge on any atom is -0.340 e. The van der Waals surface area contributed by atoms with Crippen LogP contribution in [-0.4, -0.2) is 29.0 Å². The van der Waals surface area contributed by atoms with Gasteiger partial charge in [0.15, 0.2) is 0 Å². The van der Waals surface area contributed by atoms with Gasteiger partial charge in [0.2, 0.25) is 11.9 Å². The third-order valence-electron chi connectivity index (χ3n) is 4.95. The highest BCUT2D eigenvalue weighted by Gasteiger charge is 2.27. The Morgan fingerprint density at radius 1 is 1.00 bits per heavy atom. The van der Waals surface area contributed by atoms with Crippen LogP contribution in [0.25, 0.3) is 11.1 Å². The molecular weight excluding hydrogens is 374 g/mol. The molecule has 1 saturated heterocycles. The van der Waals surface area contributed by atoms with Gasteiger partial charge in [-0.25, -0.2) is 18.7 Å². The second-order valence-electron chi connectivity index (χ2n) is 7.07. The highest BCUT2D eigenvalue weighted by molar-refractivity contribution is 5.93. The number of nitrogens with one attached hydrogen (secondary N) is 1. The Hall–Kier alpha value is -3.35. The van der Waals surface area contributed by atoms with E-state index in [1.54, 1.807) is 12.4 Å². The maximum absolute atomic E-state index is 13.3. The first kappa shape index (κ1) is 19.0. The molecule has 5 nitrogen and oxygen atoms in total. The Kier molecular flexibility index (Phi) is 5.46. The van der Waals surface area contributed by atoms with Crippen LogP contribution in [0.3, 0.4) is 0 Å². The molecule has 29 heavy (non-hydrogen) atoms. The number of halogens is 2. The van der Waals surface area contributed by atoms with Gasteiger partial charge in [-0.2, -0.15) is 0 Å². The van der Waals surface area contributed by atoms with Crippen LogP contribution < -0.4 is 10.2 Å². The van der Waals surface area contributed by atoms with Crippen LogP contribution in [0.2, 0.25) is 0 Å². The number of hydrogen-bond acceptors (Lipinski definition) is 4. The van der Waals surface area contributed by atoms with Crippen LogP contribution in [0.5, 0.6) is 0 Å². The van der Waals surface area contributed by atoms with E-state index in [4.69, 9.17) is 0 Å². The molecule has 2 heterocycles. The number of nitrogens with zero attached hydrogens (tertiary/aromatic N) is 3. The van der Waals surface area contributed by atoms with E-state index in [0.29, 0.717) is 18.9 Å².